The van der Waals surface area contributed by atoms with Crippen LogP contribution in [0.25, 0.3) is 0 Å². The zero-order valence-electron chi connectivity index (χ0n) is 8.09. The summed E-state index contributed by atoms with van der Waals surface area (Å²) in [6, 6.07) is 1.19. The lowest BCUT2D eigenvalue weighted by Gasteiger charge is -2.25. The average molecular weight is 253 g/mol. The molecule has 0 radical (unpaired) electrons. The van der Waals surface area contributed by atoms with Crippen LogP contribution in [-0.2, 0) is 6.18 Å². The first kappa shape index (κ1) is 11.4. The molecule has 2 rings (SSSR count). The summed E-state index contributed by atoms with van der Waals surface area (Å²) < 4.78 is 42.3. The molecule has 0 aromatic carbocycles. The van der Waals surface area contributed by atoms with Gasteiger partial charge in [-0.1, -0.05) is 11.6 Å². The molecule has 0 bridgehead atoms. The van der Waals surface area contributed by atoms with E-state index in [4.69, 9.17) is 16.3 Å². The highest BCUT2D eigenvalue weighted by Crippen LogP contribution is 2.30. The largest absolute Gasteiger partial charge is 0.474 e. The van der Waals surface area contributed by atoms with Crippen molar-refractivity contribution in [1.29, 1.82) is 0 Å². The van der Waals surface area contributed by atoms with Crippen molar-refractivity contribution in [3.8, 4) is 5.88 Å². The Kier molecular flexibility index (Phi) is 2.92. The Hall–Kier alpha value is -1.04. The van der Waals surface area contributed by atoms with Gasteiger partial charge in [0.1, 0.15) is 11.3 Å². The maximum Gasteiger partial charge on any atom is 0.451 e. The van der Waals surface area contributed by atoms with Crippen LogP contribution in [0.15, 0.2) is 6.07 Å². The monoisotopic (exact) mass is 252 g/mol. The van der Waals surface area contributed by atoms with Gasteiger partial charge in [0.05, 0.1) is 0 Å². The van der Waals surface area contributed by atoms with Crippen LogP contribution < -0.4 is 4.74 Å². The van der Waals surface area contributed by atoms with Gasteiger partial charge in [0.25, 0.3) is 0 Å². The molecule has 16 heavy (non-hydrogen) atoms. The molecule has 0 saturated heterocycles. The van der Waals surface area contributed by atoms with E-state index in [1.54, 1.807) is 0 Å². The summed E-state index contributed by atoms with van der Waals surface area (Å²) in [5.41, 5.74) is 0. The van der Waals surface area contributed by atoms with Gasteiger partial charge in [-0.2, -0.15) is 18.2 Å². The van der Waals surface area contributed by atoms with Crippen molar-refractivity contribution in [2.45, 2.75) is 31.5 Å². The smallest absolute Gasteiger partial charge is 0.451 e. The van der Waals surface area contributed by atoms with Crippen LogP contribution in [0.5, 0.6) is 5.88 Å². The summed E-state index contributed by atoms with van der Waals surface area (Å²) in [6.45, 7) is 0. The molecule has 0 spiro atoms. The summed E-state index contributed by atoms with van der Waals surface area (Å²) in [6.07, 6.45) is -1.96. The Labute approximate surface area is 94.6 Å². The van der Waals surface area contributed by atoms with E-state index in [2.05, 4.69) is 9.97 Å². The first-order valence-corrected chi connectivity index (χ1v) is 5.11. The second-order valence-corrected chi connectivity index (χ2v) is 3.91. The summed E-state index contributed by atoms with van der Waals surface area (Å²) >= 11 is 5.47. The molecule has 1 aromatic heterocycles. The molecule has 0 atom stereocenters. The van der Waals surface area contributed by atoms with Crippen molar-refractivity contribution < 1.29 is 17.9 Å². The van der Waals surface area contributed by atoms with Crippen LogP contribution in [0.2, 0.25) is 5.15 Å². The zero-order valence-corrected chi connectivity index (χ0v) is 8.85. The normalized spacial score (nSPS) is 17.0. The fourth-order valence-corrected chi connectivity index (χ4v) is 1.42. The Morgan fingerprint density at radius 3 is 2.50 bits per heavy atom. The Bertz CT molecular complexity index is 393. The van der Waals surface area contributed by atoms with E-state index in [0.717, 1.165) is 19.3 Å². The lowest BCUT2D eigenvalue weighted by atomic mass is 9.96. The molecule has 0 N–H and O–H groups in total. The molecule has 1 aliphatic rings. The van der Waals surface area contributed by atoms with Crippen LogP contribution >= 0.6 is 11.6 Å². The van der Waals surface area contributed by atoms with E-state index < -0.39 is 12.0 Å². The highest BCUT2D eigenvalue weighted by atomic mass is 35.5. The van der Waals surface area contributed by atoms with Gasteiger partial charge in [-0.05, 0) is 19.3 Å². The van der Waals surface area contributed by atoms with Crippen LogP contribution in [0, 0.1) is 0 Å². The molecular formula is C9H8ClF3N2O. The van der Waals surface area contributed by atoms with Gasteiger partial charge in [0.2, 0.25) is 11.7 Å². The Morgan fingerprint density at radius 2 is 2.00 bits per heavy atom. The third-order valence-electron chi connectivity index (χ3n) is 2.26. The highest BCUT2D eigenvalue weighted by molar-refractivity contribution is 6.29. The molecular weight excluding hydrogens is 245 g/mol. The lowest BCUT2D eigenvalue weighted by Crippen LogP contribution is -2.25. The minimum Gasteiger partial charge on any atom is -0.474 e. The van der Waals surface area contributed by atoms with E-state index >= 15 is 0 Å². The number of aromatic nitrogens is 2. The second-order valence-electron chi connectivity index (χ2n) is 3.52. The van der Waals surface area contributed by atoms with Crippen molar-refractivity contribution in [3.63, 3.8) is 0 Å². The maximum atomic E-state index is 12.3. The summed E-state index contributed by atoms with van der Waals surface area (Å²) in [5.74, 6) is -1.38. The van der Waals surface area contributed by atoms with Crippen molar-refractivity contribution in [1.82, 2.24) is 9.97 Å². The van der Waals surface area contributed by atoms with Gasteiger partial charge in [-0.25, -0.2) is 4.98 Å². The quantitative estimate of drug-likeness (QED) is 0.759. The van der Waals surface area contributed by atoms with Crippen LogP contribution in [0.1, 0.15) is 25.1 Å². The molecule has 3 nitrogen and oxygen atoms in total. The zero-order chi connectivity index (χ0) is 11.8. The fourth-order valence-electron chi connectivity index (χ4n) is 1.24. The molecule has 1 aromatic rings. The molecule has 1 heterocycles. The molecule has 1 fully saturated rings. The molecule has 0 amide bonds. The van der Waals surface area contributed by atoms with Gasteiger partial charge in [-0.15, -0.1) is 0 Å². The van der Waals surface area contributed by atoms with Gasteiger partial charge in [0, 0.05) is 6.07 Å². The number of hydrogen-bond donors (Lipinski definition) is 0. The molecule has 0 unspecified atom stereocenters. The van der Waals surface area contributed by atoms with Gasteiger partial charge < -0.3 is 4.74 Å². The van der Waals surface area contributed by atoms with Gasteiger partial charge in [0.15, 0.2) is 0 Å². The predicted molar refractivity (Wildman–Crippen MR) is 50.3 cm³/mol. The number of rotatable bonds is 2. The van der Waals surface area contributed by atoms with Crippen LogP contribution in [-0.4, -0.2) is 16.1 Å². The molecule has 1 saturated carbocycles. The number of nitrogens with zero attached hydrogens (tertiary/aromatic N) is 2. The van der Waals surface area contributed by atoms with E-state index in [1.807, 2.05) is 0 Å². The van der Waals surface area contributed by atoms with Crippen LogP contribution in [0.3, 0.4) is 0 Å². The standard InChI is InChI=1S/C9H8ClF3N2O/c10-6-4-7(16-5-2-1-3-5)15-8(14-6)9(11,12)13/h4-5H,1-3H2. The maximum absolute atomic E-state index is 12.3. The third-order valence-corrected chi connectivity index (χ3v) is 2.46. The Balaban J connectivity index is 2.21. The van der Waals surface area contributed by atoms with Crippen molar-refractivity contribution in [2.75, 3.05) is 0 Å². The van der Waals surface area contributed by atoms with E-state index in [1.165, 1.54) is 6.07 Å². The fraction of sp³-hybridized carbons (Fsp3) is 0.556. The lowest BCUT2D eigenvalue weighted by molar-refractivity contribution is -0.145. The Morgan fingerprint density at radius 1 is 1.31 bits per heavy atom. The number of halogens is 4. The van der Waals surface area contributed by atoms with Gasteiger partial charge in [-0.3, -0.25) is 0 Å². The third kappa shape index (κ3) is 2.55. The van der Waals surface area contributed by atoms with Crippen molar-refractivity contribution >= 4 is 11.6 Å². The topological polar surface area (TPSA) is 35.0 Å². The molecule has 0 aliphatic heterocycles. The molecule has 88 valence electrons. The first-order chi connectivity index (χ1) is 7.45. The van der Waals surface area contributed by atoms with E-state index in [-0.39, 0.29) is 17.1 Å². The van der Waals surface area contributed by atoms with Crippen molar-refractivity contribution in [3.05, 3.63) is 17.0 Å². The number of ether oxygens (including phenoxy) is 1. The SMILES string of the molecule is FC(F)(F)c1nc(Cl)cc(OC2CCC2)n1. The highest BCUT2D eigenvalue weighted by Gasteiger charge is 2.36. The van der Waals surface area contributed by atoms with E-state index in [0.29, 0.717) is 0 Å². The number of hydrogen-bond acceptors (Lipinski definition) is 3. The average Bonchev–Trinajstić information content (AvgIpc) is 2.09. The van der Waals surface area contributed by atoms with Crippen LogP contribution in [0.4, 0.5) is 13.2 Å². The summed E-state index contributed by atoms with van der Waals surface area (Å²) in [5, 5.41) is -0.267. The predicted octanol–water partition coefficient (Wildman–Crippen LogP) is 3.08. The molecule has 7 heteroatoms. The minimum atomic E-state index is -4.61. The van der Waals surface area contributed by atoms with Crippen molar-refractivity contribution in [2.24, 2.45) is 0 Å². The summed E-state index contributed by atoms with van der Waals surface area (Å²) in [4.78, 5) is 6.39. The second kappa shape index (κ2) is 4.08. The van der Waals surface area contributed by atoms with Gasteiger partial charge >= 0.3 is 6.18 Å². The number of alkyl halides is 3. The summed E-state index contributed by atoms with van der Waals surface area (Å²) in [7, 11) is 0. The molecule has 1 aliphatic carbocycles. The van der Waals surface area contributed by atoms with E-state index in [9.17, 15) is 13.2 Å². The first-order valence-electron chi connectivity index (χ1n) is 4.73. The minimum absolute atomic E-state index is 0.0490.